The van der Waals surface area contributed by atoms with Gasteiger partial charge in [-0.25, -0.2) is 4.98 Å². The molecule has 0 saturated carbocycles. The van der Waals surface area contributed by atoms with E-state index in [9.17, 15) is 4.79 Å². The Labute approximate surface area is 130 Å². The smallest absolute Gasteiger partial charge is 0.237 e. The maximum atomic E-state index is 12.1. The van der Waals surface area contributed by atoms with Crippen molar-refractivity contribution in [2.24, 2.45) is 7.05 Å². The highest BCUT2D eigenvalue weighted by atomic mass is 127. The lowest BCUT2D eigenvalue weighted by Crippen LogP contribution is -2.22. The van der Waals surface area contributed by atoms with Crippen LogP contribution >= 0.6 is 34.4 Å². The van der Waals surface area contributed by atoms with Crippen molar-refractivity contribution < 1.29 is 4.79 Å². The van der Waals surface area contributed by atoms with Crippen molar-refractivity contribution >= 4 is 45.9 Å². The van der Waals surface area contributed by atoms with Crippen LogP contribution in [0.15, 0.2) is 41.8 Å². The van der Waals surface area contributed by atoms with Gasteiger partial charge in [0.15, 0.2) is 5.16 Å². The summed E-state index contributed by atoms with van der Waals surface area (Å²) >= 11 is 3.68. The standard InChI is InChI=1S/C13H14IN3OS/c1-9(19-13-15-7-8-17(13)2)12(18)16-11-5-3-10(14)4-6-11/h3-9H,1-2H3,(H,16,18). The van der Waals surface area contributed by atoms with E-state index in [1.165, 1.54) is 11.8 Å². The van der Waals surface area contributed by atoms with E-state index in [1.54, 1.807) is 6.20 Å². The fourth-order valence-electron chi connectivity index (χ4n) is 1.45. The number of aryl methyl sites for hydroxylation is 1. The second-order valence-electron chi connectivity index (χ2n) is 4.08. The van der Waals surface area contributed by atoms with E-state index in [1.807, 2.05) is 49.0 Å². The Kier molecular flexibility index (Phi) is 4.87. The number of carbonyl (C=O) groups is 1. The van der Waals surface area contributed by atoms with Gasteiger partial charge in [-0.1, -0.05) is 11.8 Å². The van der Waals surface area contributed by atoms with Gasteiger partial charge in [-0.3, -0.25) is 4.79 Å². The van der Waals surface area contributed by atoms with E-state index >= 15 is 0 Å². The molecule has 0 saturated heterocycles. The minimum absolute atomic E-state index is 0.0193. The Balaban J connectivity index is 1.96. The number of nitrogens with one attached hydrogen (secondary N) is 1. The number of thioether (sulfide) groups is 1. The largest absolute Gasteiger partial charge is 0.329 e. The fourth-order valence-corrected chi connectivity index (χ4v) is 2.64. The van der Waals surface area contributed by atoms with E-state index in [0.29, 0.717) is 0 Å². The van der Waals surface area contributed by atoms with Crippen LogP contribution < -0.4 is 5.32 Å². The molecule has 0 fully saturated rings. The molecule has 6 heteroatoms. The summed E-state index contributed by atoms with van der Waals surface area (Å²) in [5.41, 5.74) is 0.817. The first-order chi connectivity index (χ1) is 9.06. The van der Waals surface area contributed by atoms with Crippen molar-refractivity contribution in [2.45, 2.75) is 17.3 Å². The van der Waals surface area contributed by atoms with Gasteiger partial charge in [0.2, 0.25) is 5.91 Å². The molecule has 0 aliphatic heterocycles. The molecule has 1 N–H and O–H groups in total. The van der Waals surface area contributed by atoms with Crippen molar-refractivity contribution in [3.63, 3.8) is 0 Å². The summed E-state index contributed by atoms with van der Waals surface area (Å²) in [4.78, 5) is 16.3. The second-order valence-corrected chi connectivity index (χ2v) is 6.63. The van der Waals surface area contributed by atoms with Gasteiger partial charge in [-0.2, -0.15) is 0 Å². The van der Waals surface area contributed by atoms with Crippen LogP contribution in [-0.2, 0) is 11.8 Å². The second kappa shape index (κ2) is 6.42. The number of carbonyl (C=O) groups excluding carboxylic acids is 1. The molecule has 0 spiro atoms. The number of imidazole rings is 1. The number of anilines is 1. The maximum absolute atomic E-state index is 12.1. The van der Waals surface area contributed by atoms with Gasteiger partial charge in [0, 0.05) is 28.7 Å². The quantitative estimate of drug-likeness (QED) is 0.648. The lowest BCUT2D eigenvalue weighted by atomic mass is 10.3. The van der Waals surface area contributed by atoms with E-state index in [-0.39, 0.29) is 11.2 Å². The van der Waals surface area contributed by atoms with Gasteiger partial charge in [0.1, 0.15) is 0 Å². The number of nitrogens with zero attached hydrogens (tertiary/aromatic N) is 2. The van der Waals surface area contributed by atoms with Crippen LogP contribution in [0.5, 0.6) is 0 Å². The highest BCUT2D eigenvalue weighted by molar-refractivity contribution is 14.1. The van der Waals surface area contributed by atoms with E-state index in [2.05, 4.69) is 32.9 Å². The predicted octanol–water partition coefficient (Wildman–Crippen LogP) is 3.14. The normalized spacial score (nSPS) is 12.2. The maximum Gasteiger partial charge on any atom is 0.237 e. The Morgan fingerprint density at radius 3 is 2.68 bits per heavy atom. The summed E-state index contributed by atoms with van der Waals surface area (Å²) in [6.07, 6.45) is 3.60. The fraction of sp³-hybridized carbons (Fsp3) is 0.231. The predicted molar refractivity (Wildman–Crippen MR) is 86.3 cm³/mol. The summed E-state index contributed by atoms with van der Waals surface area (Å²) in [5, 5.41) is 3.54. The molecule has 0 aliphatic carbocycles. The third kappa shape index (κ3) is 3.97. The molecule has 1 atom stereocenters. The van der Waals surface area contributed by atoms with Crippen LogP contribution in [-0.4, -0.2) is 20.7 Å². The zero-order chi connectivity index (χ0) is 13.8. The van der Waals surface area contributed by atoms with Crippen LogP contribution in [0.4, 0.5) is 5.69 Å². The molecule has 4 nitrogen and oxygen atoms in total. The first kappa shape index (κ1) is 14.4. The van der Waals surface area contributed by atoms with Crippen LogP contribution in [0, 0.1) is 3.57 Å². The van der Waals surface area contributed by atoms with Gasteiger partial charge in [0.05, 0.1) is 5.25 Å². The molecular formula is C13H14IN3OS. The Bertz CT molecular complexity index is 568. The number of amides is 1. The van der Waals surface area contributed by atoms with Crippen molar-refractivity contribution in [3.8, 4) is 0 Å². The van der Waals surface area contributed by atoms with Gasteiger partial charge in [0.25, 0.3) is 0 Å². The first-order valence-corrected chi connectivity index (χ1v) is 7.72. The molecule has 1 heterocycles. The molecular weight excluding hydrogens is 373 g/mol. The molecule has 100 valence electrons. The number of aromatic nitrogens is 2. The number of hydrogen-bond acceptors (Lipinski definition) is 3. The van der Waals surface area contributed by atoms with Crippen LogP contribution in [0.1, 0.15) is 6.92 Å². The average molecular weight is 387 g/mol. The zero-order valence-corrected chi connectivity index (χ0v) is 13.6. The summed E-state index contributed by atoms with van der Waals surface area (Å²) in [6, 6.07) is 7.73. The monoisotopic (exact) mass is 387 g/mol. The highest BCUT2D eigenvalue weighted by Crippen LogP contribution is 2.22. The zero-order valence-electron chi connectivity index (χ0n) is 10.6. The topological polar surface area (TPSA) is 46.9 Å². The first-order valence-electron chi connectivity index (χ1n) is 5.76. The number of halogens is 1. The van der Waals surface area contributed by atoms with Gasteiger partial charge < -0.3 is 9.88 Å². The van der Waals surface area contributed by atoms with Gasteiger partial charge >= 0.3 is 0 Å². The lowest BCUT2D eigenvalue weighted by molar-refractivity contribution is -0.115. The van der Waals surface area contributed by atoms with Crippen molar-refractivity contribution in [1.29, 1.82) is 0 Å². The van der Waals surface area contributed by atoms with Crippen LogP contribution in [0.3, 0.4) is 0 Å². The SMILES string of the molecule is CC(Sc1nccn1C)C(=O)Nc1ccc(I)cc1. The molecule has 19 heavy (non-hydrogen) atoms. The molecule has 1 aromatic heterocycles. The Hall–Kier alpha value is -1.02. The third-order valence-electron chi connectivity index (χ3n) is 2.54. The summed E-state index contributed by atoms with van der Waals surface area (Å²) in [7, 11) is 1.92. The minimum Gasteiger partial charge on any atom is -0.329 e. The summed E-state index contributed by atoms with van der Waals surface area (Å²) in [5.74, 6) is -0.0193. The third-order valence-corrected chi connectivity index (χ3v) is 4.43. The number of rotatable bonds is 4. The summed E-state index contributed by atoms with van der Waals surface area (Å²) in [6.45, 7) is 1.88. The molecule has 2 rings (SSSR count). The molecule has 1 unspecified atom stereocenters. The lowest BCUT2D eigenvalue weighted by Gasteiger charge is -2.11. The van der Waals surface area contributed by atoms with Crippen molar-refractivity contribution in [2.75, 3.05) is 5.32 Å². The number of benzene rings is 1. The average Bonchev–Trinajstić information content (AvgIpc) is 2.78. The van der Waals surface area contributed by atoms with Gasteiger partial charge in [-0.05, 0) is 53.8 Å². The summed E-state index contributed by atoms with van der Waals surface area (Å²) < 4.78 is 3.05. The van der Waals surface area contributed by atoms with Crippen molar-refractivity contribution in [1.82, 2.24) is 9.55 Å². The Morgan fingerprint density at radius 2 is 2.11 bits per heavy atom. The van der Waals surface area contributed by atoms with E-state index in [0.717, 1.165) is 14.4 Å². The highest BCUT2D eigenvalue weighted by Gasteiger charge is 2.16. The molecule has 1 aromatic carbocycles. The van der Waals surface area contributed by atoms with Crippen molar-refractivity contribution in [3.05, 3.63) is 40.2 Å². The van der Waals surface area contributed by atoms with Crippen LogP contribution in [0.2, 0.25) is 0 Å². The number of hydrogen-bond donors (Lipinski definition) is 1. The van der Waals surface area contributed by atoms with Crippen LogP contribution in [0.25, 0.3) is 0 Å². The molecule has 0 bridgehead atoms. The Morgan fingerprint density at radius 1 is 1.42 bits per heavy atom. The molecule has 2 aromatic rings. The van der Waals surface area contributed by atoms with E-state index in [4.69, 9.17) is 0 Å². The van der Waals surface area contributed by atoms with E-state index < -0.39 is 0 Å². The minimum atomic E-state index is -0.194. The molecule has 1 amide bonds. The molecule has 0 aliphatic rings. The molecule has 0 radical (unpaired) electrons. The van der Waals surface area contributed by atoms with Gasteiger partial charge in [-0.15, -0.1) is 0 Å².